The van der Waals surface area contributed by atoms with Gasteiger partial charge in [-0.15, -0.1) is 0 Å². The first kappa shape index (κ1) is 20.3. The highest BCUT2D eigenvalue weighted by atomic mass is 16.1. The van der Waals surface area contributed by atoms with Crippen LogP contribution in [0.3, 0.4) is 0 Å². The number of amides is 1. The number of nitrogens with one attached hydrogen (secondary N) is 1. The van der Waals surface area contributed by atoms with Gasteiger partial charge < -0.3 is 5.32 Å². The Balaban J connectivity index is 1.41. The van der Waals surface area contributed by atoms with E-state index >= 15 is 0 Å². The summed E-state index contributed by atoms with van der Waals surface area (Å²) in [5.41, 5.74) is 3.04. The summed E-state index contributed by atoms with van der Waals surface area (Å²) < 4.78 is 0. The third-order valence-corrected chi connectivity index (χ3v) is 6.09. The summed E-state index contributed by atoms with van der Waals surface area (Å²) in [4.78, 5) is 19.9. The van der Waals surface area contributed by atoms with Crippen LogP contribution in [0, 0.1) is 0 Å². The molecule has 0 radical (unpaired) electrons. The van der Waals surface area contributed by atoms with Crippen molar-refractivity contribution in [1.82, 2.24) is 15.2 Å². The molecule has 1 amide bonds. The Bertz CT molecular complexity index is 904. The normalized spacial score (nSPS) is 17.0. The van der Waals surface area contributed by atoms with Crippen LogP contribution in [0.25, 0.3) is 0 Å². The van der Waals surface area contributed by atoms with Crippen LogP contribution in [0.1, 0.15) is 36.6 Å². The van der Waals surface area contributed by atoms with Crippen molar-refractivity contribution in [2.45, 2.75) is 37.8 Å². The lowest BCUT2D eigenvalue weighted by molar-refractivity contribution is -0.122. The average molecular weight is 400 g/mol. The van der Waals surface area contributed by atoms with Crippen molar-refractivity contribution in [1.29, 1.82) is 0 Å². The quantitative estimate of drug-likeness (QED) is 0.649. The first-order valence-electron chi connectivity index (χ1n) is 10.7. The molecule has 1 unspecified atom stereocenters. The zero-order valence-electron chi connectivity index (χ0n) is 17.5. The highest BCUT2D eigenvalue weighted by Gasteiger charge is 2.33. The number of likely N-dealkylation sites (tertiary alicyclic amines) is 1. The maximum absolute atomic E-state index is 13.1. The minimum Gasteiger partial charge on any atom is -0.352 e. The minimum absolute atomic E-state index is 0.106. The molecule has 0 bridgehead atoms. The Morgan fingerprint density at radius 2 is 1.63 bits per heavy atom. The molecule has 1 aliphatic heterocycles. The van der Waals surface area contributed by atoms with Gasteiger partial charge in [0.25, 0.3) is 0 Å². The molecular weight excluding hydrogens is 370 g/mol. The van der Waals surface area contributed by atoms with E-state index in [-0.39, 0.29) is 17.4 Å². The Labute approximate surface area is 179 Å². The van der Waals surface area contributed by atoms with Crippen LogP contribution in [-0.2, 0) is 16.8 Å². The lowest BCUT2D eigenvalue weighted by Gasteiger charge is -2.31. The highest BCUT2D eigenvalue weighted by molar-refractivity contribution is 5.79. The molecule has 154 valence electrons. The van der Waals surface area contributed by atoms with E-state index in [4.69, 9.17) is 0 Å². The number of carbonyl (C=O) groups excluding carboxylic acids is 1. The summed E-state index contributed by atoms with van der Waals surface area (Å²) in [5, 5.41) is 3.29. The van der Waals surface area contributed by atoms with Gasteiger partial charge in [-0.1, -0.05) is 73.7 Å². The lowest BCUT2D eigenvalue weighted by atomic mass is 9.73. The fraction of sp³-hybridized carbons (Fsp3) is 0.308. The summed E-state index contributed by atoms with van der Waals surface area (Å²) in [7, 11) is 0. The van der Waals surface area contributed by atoms with Gasteiger partial charge in [-0.05, 0) is 29.7 Å². The fourth-order valence-corrected chi connectivity index (χ4v) is 4.40. The highest BCUT2D eigenvalue weighted by Crippen LogP contribution is 2.35. The molecule has 30 heavy (non-hydrogen) atoms. The maximum Gasteiger partial charge on any atom is 0.221 e. The summed E-state index contributed by atoms with van der Waals surface area (Å²) >= 11 is 0. The zero-order chi connectivity index (χ0) is 20.8. The molecule has 2 aromatic carbocycles. The lowest BCUT2D eigenvalue weighted by Crippen LogP contribution is -2.40. The minimum atomic E-state index is -0.362. The van der Waals surface area contributed by atoms with E-state index in [0.717, 1.165) is 42.9 Å². The van der Waals surface area contributed by atoms with Gasteiger partial charge in [-0.3, -0.25) is 14.7 Å². The van der Waals surface area contributed by atoms with E-state index in [1.165, 1.54) is 0 Å². The molecule has 2 heterocycles. The number of hydrogen-bond donors (Lipinski definition) is 1. The number of pyridine rings is 1. The van der Waals surface area contributed by atoms with Crippen molar-refractivity contribution < 1.29 is 4.79 Å². The fourth-order valence-electron chi connectivity index (χ4n) is 4.40. The number of carbonyl (C=O) groups is 1. The van der Waals surface area contributed by atoms with Crippen LogP contribution in [0.2, 0.25) is 0 Å². The average Bonchev–Trinajstić information content (AvgIpc) is 3.22. The van der Waals surface area contributed by atoms with E-state index in [0.29, 0.717) is 6.42 Å². The maximum atomic E-state index is 13.1. The van der Waals surface area contributed by atoms with Crippen molar-refractivity contribution >= 4 is 5.91 Å². The zero-order valence-corrected chi connectivity index (χ0v) is 17.5. The van der Waals surface area contributed by atoms with Crippen LogP contribution in [0.4, 0.5) is 0 Å². The smallest absolute Gasteiger partial charge is 0.221 e. The van der Waals surface area contributed by atoms with Gasteiger partial charge in [0.1, 0.15) is 0 Å². The van der Waals surface area contributed by atoms with Gasteiger partial charge in [0.2, 0.25) is 5.91 Å². The van der Waals surface area contributed by atoms with E-state index in [1.807, 2.05) is 54.7 Å². The van der Waals surface area contributed by atoms with Crippen molar-refractivity contribution in [2.75, 3.05) is 13.1 Å². The molecule has 4 nitrogen and oxygen atoms in total. The molecule has 1 saturated heterocycles. The summed E-state index contributed by atoms with van der Waals surface area (Å²) in [6, 6.07) is 26.9. The number of benzene rings is 2. The van der Waals surface area contributed by atoms with Gasteiger partial charge in [-0.25, -0.2) is 0 Å². The second kappa shape index (κ2) is 9.23. The second-order valence-electron chi connectivity index (χ2n) is 8.35. The standard InChI is InChI=1S/C26H29N3O/c1-26(21-10-4-2-5-11-21,22-12-6-3-7-13-22)18-25(30)28-24-15-17-29(20-24)19-23-14-8-9-16-27-23/h2-14,16,24H,15,17-20H2,1H3,(H,28,30). The molecule has 0 saturated carbocycles. The molecule has 3 aromatic rings. The molecule has 4 rings (SSSR count). The van der Waals surface area contributed by atoms with Crippen molar-refractivity contribution in [3.63, 3.8) is 0 Å². The van der Waals surface area contributed by atoms with E-state index in [2.05, 4.69) is 52.5 Å². The molecule has 0 aliphatic carbocycles. The topological polar surface area (TPSA) is 45.2 Å². The first-order chi connectivity index (χ1) is 14.6. The van der Waals surface area contributed by atoms with Crippen LogP contribution in [-0.4, -0.2) is 34.9 Å². The predicted octanol–water partition coefficient (Wildman–Crippen LogP) is 4.17. The number of hydrogen-bond acceptors (Lipinski definition) is 3. The van der Waals surface area contributed by atoms with Crippen LogP contribution in [0.15, 0.2) is 85.1 Å². The van der Waals surface area contributed by atoms with Gasteiger partial charge >= 0.3 is 0 Å². The van der Waals surface area contributed by atoms with Crippen LogP contribution >= 0.6 is 0 Å². The Hall–Kier alpha value is -2.98. The van der Waals surface area contributed by atoms with Crippen molar-refractivity contribution in [3.05, 3.63) is 102 Å². The third-order valence-electron chi connectivity index (χ3n) is 6.09. The first-order valence-corrected chi connectivity index (χ1v) is 10.7. The molecule has 1 atom stereocenters. The van der Waals surface area contributed by atoms with Crippen LogP contribution < -0.4 is 5.32 Å². The third kappa shape index (κ3) is 4.77. The summed E-state index contributed by atoms with van der Waals surface area (Å²) in [6.45, 7) is 4.85. The number of aromatic nitrogens is 1. The summed E-state index contributed by atoms with van der Waals surface area (Å²) in [6.07, 6.45) is 3.24. The molecular formula is C26H29N3O. The molecule has 1 aromatic heterocycles. The van der Waals surface area contributed by atoms with Gasteiger partial charge in [0.15, 0.2) is 0 Å². The molecule has 4 heteroatoms. The van der Waals surface area contributed by atoms with Crippen molar-refractivity contribution in [3.8, 4) is 0 Å². The second-order valence-corrected chi connectivity index (χ2v) is 8.35. The monoisotopic (exact) mass is 399 g/mol. The molecule has 1 aliphatic rings. The Morgan fingerprint density at radius 1 is 1.00 bits per heavy atom. The SMILES string of the molecule is CC(CC(=O)NC1CCN(Cc2ccccn2)C1)(c1ccccc1)c1ccccc1. The predicted molar refractivity (Wildman–Crippen MR) is 120 cm³/mol. The molecule has 1 N–H and O–H groups in total. The van der Waals surface area contributed by atoms with E-state index in [9.17, 15) is 4.79 Å². The largest absolute Gasteiger partial charge is 0.352 e. The van der Waals surface area contributed by atoms with Crippen molar-refractivity contribution in [2.24, 2.45) is 0 Å². The van der Waals surface area contributed by atoms with Crippen LogP contribution in [0.5, 0.6) is 0 Å². The van der Waals surface area contributed by atoms with Gasteiger partial charge in [-0.2, -0.15) is 0 Å². The van der Waals surface area contributed by atoms with Gasteiger partial charge in [0.05, 0.1) is 5.69 Å². The molecule has 0 spiro atoms. The Kier molecular flexibility index (Phi) is 6.24. The summed E-state index contributed by atoms with van der Waals surface area (Å²) in [5.74, 6) is 0.106. The number of rotatable bonds is 7. The van der Waals surface area contributed by atoms with E-state index < -0.39 is 0 Å². The van der Waals surface area contributed by atoms with E-state index in [1.54, 1.807) is 0 Å². The molecule has 1 fully saturated rings. The number of nitrogens with zero attached hydrogens (tertiary/aromatic N) is 2. The Morgan fingerprint density at radius 3 is 2.23 bits per heavy atom. The van der Waals surface area contributed by atoms with Gasteiger partial charge in [0, 0.05) is 43.7 Å².